The van der Waals surface area contributed by atoms with Crippen LogP contribution in [0, 0.1) is 0 Å². The fourth-order valence-corrected chi connectivity index (χ4v) is 3.76. The fourth-order valence-electron chi connectivity index (χ4n) is 3.76. The Balaban J connectivity index is 1.89. The highest BCUT2D eigenvalue weighted by atomic mass is 16.5. The van der Waals surface area contributed by atoms with Crippen molar-refractivity contribution in [1.29, 1.82) is 0 Å². The first kappa shape index (κ1) is 12.0. The number of hydrogen-bond acceptors (Lipinski definition) is 2. The molecule has 0 radical (unpaired) electrons. The largest absolute Gasteiger partial charge is 0.497 e. The average molecular weight is 265 g/mol. The van der Waals surface area contributed by atoms with Crippen molar-refractivity contribution in [2.24, 2.45) is 0 Å². The number of fused-ring (bicyclic) bond motifs is 5. The van der Waals surface area contributed by atoms with Gasteiger partial charge in [0.25, 0.3) is 0 Å². The van der Waals surface area contributed by atoms with Gasteiger partial charge >= 0.3 is 0 Å². The highest BCUT2D eigenvalue weighted by Gasteiger charge is 2.34. The zero-order valence-electron chi connectivity index (χ0n) is 11.7. The summed E-state index contributed by atoms with van der Waals surface area (Å²) in [5.41, 5.74) is 5.85. The SMILES string of the molecule is COc1ccc2c(c1)[C@@H]1c3ccccc3CN[C@@H]1CC2. The van der Waals surface area contributed by atoms with Gasteiger partial charge in [0.1, 0.15) is 5.75 Å². The van der Waals surface area contributed by atoms with Crippen LogP contribution in [-0.4, -0.2) is 13.2 Å². The van der Waals surface area contributed by atoms with Gasteiger partial charge in [-0.15, -0.1) is 0 Å². The highest BCUT2D eigenvalue weighted by Crippen LogP contribution is 2.41. The Kier molecular flexibility index (Phi) is 2.78. The van der Waals surface area contributed by atoms with Crippen LogP contribution in [0.2, 0.25) is 0 Å². The maximum absolute atomic E-state index is 5.43. The number of nitrogens with one attached hydrogen (secondary N) is 1. The van der Waals surface area contributed by atoms with Crippen molar-refractivity contribution in [1.82, 2.24) is 5.32 Å². The van der Waals surface area contributed by atoms with E-state index in [0.29, 0.717) is 12.0 Å². The molecule has 1 aliphatic carbocycles. The predicted molar refractivity (Wildman–Crippen MR) is 80.2 cm³/mol. The summed E-state index contributed by atoms with van der Waals surface area (Å²) in [7, 11) is 1.75. The molecular weight excluding hydrogens is 246 g/mol. The number of benzene rings is 2. The minimum Gasteiger partial charge on any atom is -0.497 e. The van der Waals surface area contributed by atoms with Crippen molar-refractivity contribution in [3.8, 4) is 5.75 Å². The lowest BCUT2D eigenvalue weighted by Crippen LogP contribution is -2.42. The molecule has 2 aliphatic rings. The van der Waals surface area contributed by atoms with Gasteiger partial charge in [0.05, 0.1) is 7.11 Å². The molecule has 0 fully saturated rings. The Morgan fingerprint density at radius 3 is 2.85 bits per heavy atom. The standard InChI is InChI=1S/C18H19NO/c1-20-14-8-6-12-7-9-17-18(16(12)10-14)15-5-3-2-4-13(15)11-19-17/h2-6,8,10,17-19H,7,9,11H2,1H3/t17-,18+/m1/s1. The Morgan fingerprint density at radius 2 is 1.95 bits per heavy atom. The van der Waals surface area contributed by atoms with Gasteiger partial charge in [0, 0.05) is 18.5 Å². The monoisotopic (exact) mass is 265 g/mol. The Labute approximate surface area is 119 Å². The van der Waals surface area contributed by atoms with Crippen molar-refractivity contribution in [3.63, 3.8) is 0 Å². The van der Waals surface area contributed by atoms with E-state index in [2.05, 4.69) is 47.8 Å². The molecule has 1 aliphatic heterocycles. The smallest absolute Gasteiger partial charge is 0.119 e. The van der Waals surface area contributed by atoms with Gasteiger partial charge in [0.15, 0.2) is 0 Å². The molecule has 2 atom stereocenters. The summed E-state index contributed by atoms with van der Waals surface area (Å²) in [5, 5.41) is 3.71. The van der Waals surface area contributed by atoms with Crippen LogP contribution in [0.15, 0.2) is 42.5 Å². The molecule has 1 N–H and O–H groups in total. The molecule has 2 heteroatoms. The van der Waals surface area contributed by atoms with Gasteiger partial charge in [-0.1, -0.05) is 30.3 Å². The Hall–Kier alpha value is -1.80. The maximum atomic E-state index is 5.43. The van der Waals surface area contributed by atoms with Crippen LogP contribution in [0.3, 0.4) is 0 Å². The second-order valence-corrected chi connectivity index (χ2v) is 5.77. The zero-order chi connectivity index (χ0) is 13.5. The zero-order valence-corrected chi connectivity index (χ0v) is 11.7. The molecule has 4 rings (SSSR count). The van der Waals surface area contributed by atoms with E-state index < -0.39 is 0 Å². The summed E-state index contributed by atoms with van der Waals surface area (Å²) < 4.78 is 5.43. The lowest BCUT2D eigenvalue weighted by atomic mass is 9.72. The lowest BCUT2D eigenvalue weighted by Gasteiger charge is -2.39. The van der Waals surface area contributed by atoms with Gasteiger partial charge < -0.3 is 10.1 Å². The first-order valence-corrected chi connectivity index (χ1v) is 7.35. The molecule has 102 valence electrons. The average Bonchev–Trinajstić information content (AvgIpc) is 2.53. The summed E-state index contributed by atoms with van der Waals surface area (Å²) in [4.78, 5) is 0. The topological polar surface area (TPSA) is 21.3 Å². The Morgan fingerprint density at radius 1 is 1.05 bits per heavy atom. The number of ether oxygens (including phenoxy) is 1. The van der Waals surface area contributed by atoms with Gasteiger partial charge in [-0.05, 0) is 47.2 Å². The van der Waals surface area contributed by atoms with Crippen molar-refractivity contribution in [3.05, 3.63) is 64.7 Å². The fraction of sp³-hybridized carbons (Fsp3) is 0.333. The molecule has 0 aromatic heterocycles. The maximum Gasteiger partial charge on any atom is 0.119 e. The quantitative estimate of drug-likeness (QED) is 0.854. The van der Waals surface area contributed by atoms with E-state index in [1.807, 2.05) is 0 Å². The van der Waals surface area contributed by atoms with E-state index in [4.69, 9.17) is 4.74 Å². The van der Waals surface area contributed by atoms with Crippen LogP contribution in [0.1, 0.15) is 34.6 Å². The third-order valence-electron chi connectivity index (χ3n) is 4.76. The highest BCUT2D eigenvalue weighted by molar-refractivity contribution is 5.49. The van der Waals surface area contributed by atoms with E-state index in [1.165, 1.54) is 28.7 Å². The van der Waals surface area contributed by atoms with Crippen LogP contribution >= 0.6 is 0 Å². The van der Waals surface area contributed by atoms with Gasteiger partial charge in [-0.2, -0.15) is 0 Å². The normalized spacial score (nSPS) is 23.4. The molecule has 20 heavy (non-hydrogen) atoms. The van der Waals surface area contributed by atoms with Crippen LogP contribution in [0.4, 0.5) is 0 Å². The number of aryl methyl sites for hydroxylation is 1. The van der Waals surface area contributed by atoms with Gasteiger partial charge in [0.2, 0.25) is 0 Å². The molecule has 0 amide bonds. The van der Waals surface area contributed by atoms with Crippen molar-refractivity contribution in [2.45, 2.75) is 31.3 Å². The molecule has 2 nitrogen and oxygen atoms in total. The number of hydrogen-bond donors (Lipinski definition) is 1. The van der Waals surface area contributed by atoms with Crippen molar-refractivity contribution in [2.75, 3.05) is 7.11 Å². The summed E-state index contributed by atoms with van der Waals surface area (Å²) in [6.07, 6.45) is 2.38. The minimum absolute atomic E-state index is 0.471. The number of methoxy groups -OCH3 is 1. The molecule has 2 aromatic rings. The second-order valence-electron chi connectivity index (χ2n) is 5.77. The first-order chi connectivity index (χ1) is 9.86. The first-order valence-electron chi connectivity index (χ1n) is 7.35. The molecule has 0 spiro atoms. The van der Waals surface area contributed by atoms with E-state index in [9.17, 15) is 0 Å². The number of rotatable bonds is 1. The van der Waals surface area contributed by atoms with Crippen molar-refractivity contribution >= 4 is 0 Å². The summed E-state index contributed by atoms with van der Waals surface area (Å²) in [6.45, 7) is 0.997. The lowest BCUT2D eigenvalue weighted by molar-refractivity contribution is 0.387. The van der Waals surface area contributed by atoms with E-state index in [1.54, 1.807) is 7.11 Å². The molecule has 0 saturated heterocycles. The molecule has 0 bridgehead atoms. The second kappa shape index (κ2) is 4.64. The van der Waals surface area contributed by atoms with E-state index in [0.717, 1.165) is 18.7 Å². The molecule has 0 unspecified atom stereocenters. The molecule has 0 saturated carbocycles. The van der Waals surface area contributed by atoms with Crippen LogP contribution in [0.25, 0.3) is 0 Å². The predicted octanol–water partition coefficient (Wildman–Crippen LogP) is 3.25. The van der Waals surface area contributed by atoms with Crippen LogP contribution in [-0.2, 0) is 13.0 Å². The van der Waals surface area contributed by atoms with Gasteiger partial charge in [-0.25, -0.2) is 0 Å². The molecule has 1 heterocycles. The summed E-state index contributed by atoms with van der Waals surface area (Å²) in [5.74, 6) is 1.44. The van der Waals surface area contributed by atoms with Crippen molar-refractivity contribution < 1.29 is 4.74 Å². The molecular formula is C18H19NO. The van der Waals surface area contributed by atoms with Gasteiger partial charge in [-0.3, -0.25) is 0 Å². The minimum atomic E-state index is 0.471. The van der Waals surface area contributed by atoms with E-state index >= 15 is 0 Å². The summed E-state index contributed by atoms with van der Waals surface area (Å²) >= 11 is 0. The Bertz CT molecular complexity index is 650. The summed E-state index contributed by atoms with van der Waals surface area (Å²) in [6, 6.07) is 15.9. The third kappa shape index (κ3) is 1.75. The molecule has 2 aromatic carbocycles. The van der Waals surface area contributed by atoms with Crippen LogP contribution < -0.4 is 10.1 Å². The third-order valence-corrected chi connectivity index (χ3v) is 4.76. The van der Waals surface area contributed by atoms with E-state index in [-0.39, 0.29) is 0 Å². The van der Waals surface area contributed by atoms with Crippen LogP contribution in [0.5, 0.6) is 5.75 Å².